The molecule has 0 spiro atoms. The van der Waals surface area contributed by atoms with Gasteiger partial charge in [-0.25, -0.2) is 4.68 Å². The molecular weight excluding hydrogens is 430 g/mol. The molecule has 8 heteroatoms. The lowest BCUT2D eigenvalue weighted by Gasteiger charge is -2.27. The van der Waals surface area contributed by atoms with E-state index < -0.39 is 11.9 Å². The van der Waals surface area contributed by atoms with Gasteiger partial charge in [0.2, 0.25) is 11.9 Å². The van der Waals surface area contributed by atoms with E-state index in [0.717, 1.165) is 15.6 Å². The summed E-state index contributed by atoms with van der Waals surface area (Å²) in [4.78, 5) is 16.8. The second kappa shape index (κ2) is 6.83. The van der Waals surface area contributed by atoms with Crippen molar-refractivity contribution >= 4 is 39.4 Å². The Morgan fingerprint density at radius 2 is 2.00 bits per heavy atom. The van der Waals surface area contributed by atoms with Crippen LogP contribution in [0.1, 0.15) is 18.5 Å². The predicted octanol–water partition coefficient (Wildman–Crippen LogP) is 4.14. The van der Waals surface area contributed by atoms with Crippen LogP contribution in [0.2, 0.25) is 5.02 Å². The molecule has 2 aromatic carbocycles. The van der Waals surface area contributed by atoms with E-state index in [2.05, 4.69) is 31.3 Å². The summed E-state index contributed by atoms with van der Waals surface area (Å²) in [6.07, 6.45) is 0. The molecule has 0 bridgehead atoms. The fourth-order valence-electron chi connectivity index (χ4n) is 3.18. The topological polar surface area (TPSA) is 85.8 Å². The van der Waals surface area contributed by atoms with Gasteiger partial charge in [0.15, 0.2) is 5.82 Å². The van der Waals surface area contributed by atoms with Gasteiger partial charge in [-0.3, -0.25) is 4.79 Å². The van der Waals surface area contributed by atoms with E-state index in [1.807, 2.05) is 43.3 Å². The Hall–Kier alpha value is -2.64. The van der Waals surface area contributed by atoms with Crippen molar-refractivity contribution in [3.8, 4) is 11.4 Å². The summed E-state index contributed by atoms with van der Waals surface area (Å²) >= 11 is 9.45. The number of nitrogens with two attached hydrogens (primary N) is 1. The number of fused-ring (bicyclic) bond motifs is 1. The highest BCUT2D eigenvalue weighted by molar-refractivity contribution is 9.10. The smallest absolute Gasteiger partial charge is 0.248 e. The molecule has 1 aromatic heterocycles. The van der Waals surface area contributed by atoms with E-state index in [0.29, 0.717) is 28.1 Å². The van der Waals surface area contributed by atoms with Gasteiger partial charge in [-0.2, -0.15) is 4.98 Å². The first kappa shape index (κ1) is 17.8. The van der Waals surface area contributed by atoms with Gasteiger partial charge in [-0.15, -0.1) is 5.10 Å². The number of carbonyl (C=O) groups is 1. The number of hydrogen-bond acceptors (Lipinski definition) is 4. The average Bonchev–Trinajstić information content (AvgIpc) is 3.04. The largest absolute Gasteiger partial charge is 0.366 e. The molecule has 1 aliphatic heterocycles. The van der Waals surface area contributed by atoms with Crippen LogP contribution in [0.4, 0.5) is 5.95 Å². The minimum absolute atomic E-state index is 0.452. The van der Waals surface area contributed by atoms with E-state index in [4.69, 9.17) is 17.3 Å². The van der Waals surface area contributed by atoms with Crippen LogP contribution in [-0.4, -0.2) is 20.7 Å². The predicted molar refractivity (Wildman–Crippen MR) is 108 cm³/mol. The first-order valence-electron chi connectivity index (χ1n) is 8.19. The number of benzene rings is 2. The van der Waals surface area contributed by atoms with E-state index in [1.165, 1.54) is 0 Å². The van der Waals surface area contributed by atoms with Gasteiger partial charge in [0, 0.05) is 20.8 Å². The maximum atomic E-state index is 12.2. The lowest BCUT2D eigenvalue weighted by atomic mass is 9.95. The molecule has 0 radical (unpaired) electrons. The Balaban J connectivity index is 1.88. The van der Waals surface area contributed by atoms with Crippen molar-refractivity contribution in [2.24, 2.45) is 5.73 Å². The molecule has 2 heterocycles. The summed E-state index contributed by atoms with van der Waals surface area (Å²) in [6, 6.07) is 14.5. The fraction of sp³-hybridized carbons (Fsp3) is 0.105. The number of nitrogens with one attached hydrogen (secondary N) is 1. The molecule has 1 atom stereocenters. The number of anilines is 1. The van der Waals surface area contributed by atoms with Crippen molar-refractivity contribution in [2.45, 2.75) is 13.0 Å². The van der Waals surface area contributed by atoms with Crippen molar-refractivity contribution in [2.75, 3.05) is 5.32 Å². The van der Waals surface area contributed by atoms with E-state index in [-0.39, 0.29) is 0 Å². The van der Waals surface area contributed by atoms with Crippen LogP contribution in [0.15, 0.2) is 64.3 Å². The van der Waals surface area contributed by atoms with Gasteiger partial charge in [0.05, 0.1) is 5.57 Å². The van der Waals surface area contributed by atoms with Crippen LogP contribution in [0.3, 0.4) is 0 Å². The van der Waals surface area contributed by atoms with Crippen molar-refractivity contribution in [3.05, 3.63) is 74.9 Å². The van der Waals surface area contributed by atoms with E-state index in [9.17, 15) is 4.79 Å². The Kier molecular flexibility index (Phi) is 4.49. The quantitative estimate of drug-likeness (QED) is 0.636. The van der Waals surface area contributed by atoms with Crippen LogP contribution < -0.4 is 11.1 Å². The van der Waals surface area contributed by atoms with Crippen LogP contribution in [0.25, 0.3) is 11.4 Å². The molecule has 3 aromatic rings. The zero-order valence-electron chi connectivity index (χ0n) is 14.3. The number of allylic oxidation sites excluding steroid dienone is 1. The molecule has 1 aliphatic rings. The first-order chi connectivity index (χ1) is 12.9. The molecule has 0 unspecified atom stereocenters. The molecule has 0 aliphatic carbocycles. The van der Waals surface area contributed by atoms with Gasteiger partial charge in [0.25, 0.3) is 0 Å². The third-order valence-corrected chi connectivity index (χ3v) is 5.13. The molecule has 0 fully saturated rings. The lowest BCUT2D eigenvalue weighted by molar-refractivity contribution is -0.115. The summed E-state index contributed by atoms with van der Waals surface area (Å²) < 4.78 is 2.60. The summed E-state index contributed by atoms with van der Waals surface area (Å²) in [5.41, 5.74) is 8.51. The number of aromatic nitrogens is 3. The van der Waals surface area contributed by atoms with Crippen molar-refractivity contribution in [1.82, 2.24) is 14.8 Å². The van der Waals surface area contributed by atoms with Gasteiger partial charge in [-0.1, -0.05) is 39.7 Å². The Bertz CT molecular complexity index is 1070. The zero-order valence-corrected chi connectivity index (χ0v) is 16.6. The van der Waals surface area contributed by atoms with E-state index in [1.54, 1.807) is 16.8 Å². The standard InChI is InChI=1S/C19H15BrClN5O/c1-10-15(17(22)27)16(12-3-2-4-13(20)9-12)26-19(23-10)24-18(25-26)11-5-7-14(21)8-6-11/h2-9,16H,1H3,(H2,22,27)(H,23,24,25)/t16-/m1/s1. The number of nitrogens with zero attached hydrogens (tertiary/aromatic N) is 3. The summed E-state index contributed by atoms with van der Waals surface area (Å²) in [6.45, 7) is 1.81. The van der Waals surface area contributed by atoms with Crippen LogP contribution >= 0.6 is 27.5 Å². The zero-order chi connectivity index (χ0) is 19.1. The summed E-state index contributed by atoms with van der Waals surface area (Å²) in [5, 5.41) is 8.43. The highest BCUT2D eigenvalue weighted by atomic mass is 79.9. The third kappa shape index (κ3) is 3.24. The Labute approximate surface area is 169 Å². The number of rotatable bonds is 3. The van der Waals surface area contributed by atoms with Gasteiger partial charge in [0.1, 0.15) is 6.04 Å². The third-order valence-electron chi connectivity index (χ3n) is 4.38. The van der Waals surface area contributed by atoms with E-state index >= 15 is 0 Å². The maximum absolute atomic E-state index is 12.2. The number of amides is 1. The molecule has 0 saturated heterocycles. The van der Waals surface area contributed by atoms with Crippen molar-refractivity contribution in [1.29, 1.82) is 0 Å². The van der Waals surface area contributed by atoms with Crippen molar-refractivity contribution < 1.29 is 4.79 Å². The first-order valence-corrected chi connectivity index (χ1v) is 9.36. The summed E-state index contributed by atoms with van der Waals surface area (Å²) in [5.74, 6) is 0.583. The van der Waals surface area contributed by atoms with Crippen LogP contribution in [0, 0.1) is 0 Å². The second-order valence-corrected chi connectivity index (χ2v) is 7.55. The highest BCUT2D eigenvalue weighted by Crippen LogP contribution is 2.36. The minimum atomic E-state index is -0.501. The molecule has 6 nitrogen and oxygen atoms in total. The second-order valence-electron chi connectivity index (χ2n) is 6.20. The number of halogens is 2. The van der Waals surface area contributed by atoms with Crippen LogP contribution in [0.5, 0.6) is 0 Å². The summed E-state index contributed by atoms with van der Waals surface area (Å²) in [7, 11) is 0. The number of primary amides is 1. The molecule has 0 saturated carbocycles. The number of hydrogen-bond donors (Lipinski definition) is 2. The van der Waals surface area contributed by atoms with Gasteiger partial charge >= 0.3 is 0 Å². The average molecular weight is 445 g/mol. The van der Waals surface area contributed by atoms with Gasteiger partial charge < -0.3 is 11.1 Å². The molecule has 27 heavy (non-hydrogen) atoms. The molecule has 136 valence electrons. The molecule has 1 amide bonds. The SMILES string of the molecule is CC1=C(C(N)=O)[C@@H](c2cccc(Br)c2)n2nc(-c3ccc(Cl)cc3)nc2N1. The van der Waals surface area contributed by atoms with Crippen LogP contribution in [-0.2, 0) is 4.79 Å². The maximum Gasteiger partial charge on any atom is 0.248 e. The lowest BCUT2D eigenvalue weighted by Crippen LogP contribution is -2.31. The molecular formula is C19H15BrClN5O. The highest BCUT2D eigenvalue weighted by Gasteiger charge is 2.33. The Morgan fingerprint density at radius 3 is 2.67 bits per heavy atom. The van der Waals surface area contributed by atoms with Crippen molar-refractivity contribution in [3.63, 3.8) is 0 Å². The Morgan fingerprint density at radius 1 is 1.26 bits per heavy atom. The monoisotopic (exact) mass is 443 g/mol. The minimum Gasteiger partial charge on any atom is -0.366 e. The fourth-order valence-corrected chi connectivity index (χ4v) is 3.72. The normalized spacial score (nSPS) is 16.0. The van der Waals surface area contributed by atoms with Gasteiger partial charge in [-0.05, 0) is 48.9 Å². The number of carbonyl (C=O) groups excluding carboxylic acids is 1. The molecule has 4 rings (SSSR count). The molecule has 3 N–H and O–H groups in total.